The van der Waals surface area contributed by atoms with E-state index in [9.17, 15) is 4.79 Å². The third-order valence-corrected chi connectivity index (χ3v) is 5.41. The average Bonchev–Trinajstić information content (AvgIpc) is 2.50. The van der Waals surface area contributed by atoms with E-state index in [0.29, 0.717) is 12.2 Å². The molecule has 0 N–H and O–H groups in total. The fourth-order valence-corrected chi connectivity index (χ4v) is 3.34. The van der Waals surface area contributed by atoms with Crippen LogP contribution in [0.25, 0.3) is 0 Å². The van der Waals surface area contributed by atoms with E-state index in [4.69, 9.17) is 4.84 Å². The number of rotatable bonds is 4. The second-order valence-electron chi connectivity index (χ2n) is 7.32. The fraction of sp³-hybridized carbons (Fsp3) is 0.632. The molecule has 1 saturated heterocycles. The van der Waals surface area contributed by atoms with Crippen molar-refractivity contribution in [1.82, 2.24) is 5.06 Å². The zero-order chi connectivity index (χ0) is 16.5. The first kappa shape index (κ1) is 17.2. The van der Waals surface area contributed by atoms with Crippen LogP contribution in [0.4, 0.5) is 0 Å². The Morgan fingerprint density at radius 2 is 1.86 bits per heavy atom. The predicted molar refractivity (Wildman–Crippen MR) is 89.3 cm³/mol. The summed E-state index contributed by atoms with van der Waals surface area (Å²) in [7, 11) is 0. The topological polar surface area (TPSA) is 29.5 Å². The molecule has 0 bridgehead atoms. The minimum atomic E-state index is -0.316. The van der Waals surface area contributed by atoms with E-state index in [1.165, 1.54) is 0 Å². The number of carbonyl (C=O) groups is 1. The fourth-order valence-electron chi connectivity index (χ4n) is 3.34. The molecule has 0 aromatic heterocycles. The predicted octanol–water partition coefficient (Wildman–Crippen LogP) is 4.54. The van der Waals surface area contributed by atoms with E-state index < -0.39 is 0 Å². The van der Waals surface area contributed by atoms with Crippen molar-refractivity contribution in [2.75, 3.05) is 0 Å². The number of ketones is 1. The molecule has 0 amide bonds. The van der Waals surface area contributed by atoms with E-state index in [1.807, 2.05) is 25.1 Å². The largest absolute Gasteiger partial charge is 0.299 e. The summed E-state index contributed by atoms with van der Waals surface area (Å²) in [6.45, 7) is 12.6. The van der Waals surface area contributed by atoms with E-state index in [1.54, 1.807) is 0 Å². The Kier molecular flexibility index (Phi) is 4.78. The van der Waals surface area contributed by atoms with Crippen molar-refractivity contribution in [2.24, 2.45) is 5.92 Å². The number of hydroxylamine groups is 2. The first-order valence-electron chi connectivity index (χ1n) is 8.27. The monoisotopic (exact) mass is 303 g/mol. The van der Waals surface area contributed by atoms with Gasteiger partial charge in [0.15, 0.2) is 0 Å². The molecule has 3 nitrogen and oxygen atoms in total. The van der Waals surface area contributed by atoms with E-state index in [2.05, 4.69) is 51.8 Å². The first-order valence-corrected chi connectivity index (χ1v) is 8.27. The van der Waals surface area contributed by atoms with E-state index in [0.717, 1.165) is 12.0 Å². The summed E-state index contributed by atoms with van der Waals surface area (Å²) in [5.41, 5.74) is 0.584. The van der Waals surface area contributed by atoms with Gasteiger partial charge in [-0.25, -0.2) is 0 Å². The summed E-state index contributed by atoms with van der Waals surface area (Å²) in [5.74, 6) is 0.302. The lowest BCUT2D eigenvalue weighted by Crippen LogP contribution is -2.65. The lowest BCUT2D eigenvalue weighted by molar-refractivity contribution is -0.311. The molecule has 0 aliphatic carbocycles. The van der Waals surface area contributed by atoms with Crippen molar-refractivity contribution >= 4 is 5.78 Å². The summed E-state index contributed by atoms with van der Waals surface area (Å²) in [5, 5.41) is 2.10. The van der Waals surface area contributed by atoms with Crippen LogP contribution in [0.2, 0.25) is 0 Å². The Morgan fingerprint density at radius 3 is 2.41 bits per heavy atom. The van der Waals surface area contributed by atoms with Crippen LogP contribution in [0.5, 0.6) is 0 Å². The Morgan fingerprint density at radius 1 is 1.27 bits per heavy atom. The van der Waals surface area contributed by atoms with Crippen LogP contribution in [0.3, 0.4) is 0 Å². The molecule has 122 valence electrons. The molecule has 1 aromatic carbocycles. The number of carbonyl (C=O) groups excluding carboxylic acids is 1. The van der Waals surface area contributed by atoms with Crippen LogP contribution >= 0.6 is 0 Å². The molecule has 0 radical (unpaired) electrons. The molecule has 2 rings (SSSR count). The summed E-state index contributed by atoms with van der Waals surface area (Å²) in [4.78, 5) is 18.8. The molecule has 3 heteroatoms. The minimum Gasteiger partial charge on any atom is -0.299 e. The van der Waals surface area contributed by atoms with Gasteiger partial charge in [0.1, 0.15) is 11.9 Å². The quantitative estimate of drug-likeness (QED) is 0.818. The summed E-state index contributed by atoms with van der Waals surface area (Å²) >= 11 is 0. The Hall–Kier alpha value is -1.19. The SMILES string of the molecule is CCC1(C)CC(=O)C(C)C(C)(C)N1OC(C)c1ccccc1. The molecule has 0 spiro atoms. The van der Waals surface area contributed by atoms with E-state index in [-0.39, 0.29) is 23.1 Å². The lowest BCUT2D eigenvalue weighted by Gasteiger charge is -2.55. The van der Waals surface area contributed by atoms with Crippen LogP contribution in [0, 0.1) is 5.92 Å². The number of nitrogens with zero attached hydrogens (tertiary/aromatic N) is 1. The molecule has 22 heavy (non-hydrogen) atoms. The van der Waals surface area contributed by atoms with Crippen LogP contribution < -0.4 is 0 Å². The summed E-state index contributed by atoms with van der Waals surface area (Å²) < 4.78 is 0. The van der Waals surface area contributed by atoms with Gasteiger partial charge in [-0.15, -0.1) is 0 Å². The number of Topliss-reactive ketones (excluding diaryl/α,β-unsaturated/α-hetero) is 1. The van der Waals surface area contributed by atoms with Crippen LogP contribution in [-0.2, 0) is 9.63 Å². The highest BCUT2D eigenvalue weighted by Gasteiger charge is 2.52. The zero-order valence-corrected chi connectivity index (χ0v) is 14.7. The zero-order valence-electron chi connectivity index (χ0n) is 14.7. The lowest BCUT2D eigenvalue weighted by atomic mass is 9.72. The highest BCUT2D eigenvalue weighted by Crippen LogP contribution is 2.43. The molecule has 3 unspecified atom stereocenters. The second kappa shape index (κ2) is 6.13. The van der Waals surface area contributed by atoms with Gasteiger partial charge in [0.05, 0.1) is 11.1 Å². The van der Waals surface area contributed by atoms with Gasteiger partial charge in [0, 0.05) is 12.3 Å². The minimum absolute atomic E-state index is 0.0323. The average molecular weight is 303 g/mol. The molecule has 3 atom stereocenters. The van der Waals surface area contributed by atoms with Crippen molar-refractivity contribution in [1.29, 1.82) is 0 Å². The molecular formula is C19H29NO2. The Labute approximate surface area is 134 Å². The van der Waals surface area contributed by atoms with Gasteiger partial charge in [-0.3, -0.25) is 9.63 Å². The highest BCUT2D eigenvalue weighted by atomic mass is 16.7. The van der Waals surface area contributed by atoms with Crippen LogP contribution in [0.15, 0.2) is 30.3 Å². The summed E-state index contributed by atoms with van der Waals surface area (Å²) in [6, 6.07) is 10.2. The molecule has 1 heterocycles. The normalized spacial score (nSPS) is 30.3. The third kappa shape index (κ3) is 2.97. The molecule has 1 aliphatic heterocycles. The Bertz CT molecular complexity index is 521. The van der Waals surface area contributed by atoms with Gasteiger partial charge in [0.25, 0.3) is 0 Å². The molecule has 0 saturated carbocycles. The number of hydrogen-bond donors (Lipinski definition) is 0. The molecular weight excluding hydrogens is 274 g/mol. The molecule has 1 aliphatic rings. The van der Waals surface area contributed by atoms with Crippen LogP contribution in [-0.4, -0.2) is 21.9 Å². The van der Waals surface area contributed by atoms with Crippen molar-refractivity contribution in [3.8, 4) is 0 Å². The van der Waals surface area contributed by atoms with Crippen molar-refractivity contribution < 1.29 is 9.63 Å². The third-order valence-electron chi connectivity index (χ3n) is 5.41. The molecule has 1 aromatic rings. The van der Waals surface area contributed by atoms with Gasteiger partial charge >= 0.3 is 0 Å². The Balaban J connectivity index is 2.30. The van der Waals surface area contributed by atoms with Gasteiger partial charge in [-0.2, -0.15) is 5.06 Å². The van der Waals surface area contributed by atoms with Crippen LogP contribution in [0.1, 0.15) is 66.1 Å². The van der Waals surface area contributed by atoms with Gasteiger partial charge in [-0.05, 0) is 39.7 Å². The van der Waals surface area contributed by atoms with Gasteiger partial charge in [0.2, 0.25) is 0 Å². The first-order chi connectivity index (χ1) is 10.2. The summed E-state index contributed by atoms with van der Waals surface area (Å²) in [6.07, 6.45) is 1.40. The standard InChI is InChI=1S/C19H29NO2/c1-7-19(6)13-17(21)14(2)18(4,5)20(19)22-15(3)16-11-9-8-10-12-16/h8-12,14-15H,7,13H2,1-6H3. The molecule has 1 fully saturated rings. The number of benzene rings is 1. The van der Waals surface area contributed by atoms with Crippen molar-refractivity contribution in [3.05, 3.63) is 35.9 Å². The highest BCUT2D eigenvalue weighted by molar-refractivity contribution is 5.84. The number of piperidine rings is 1. The van der Waals surface area contributed by atoms with Gasteiger partial charge < -0.3 is 0 Å². The van der Waals surface area contributed by atoms with Crippen molar-refractivity contribution in [2.45, 2.75) is 71.6 Å². The number of hydrogen-bond acceptors (Lipinski definition) is 3. The van der Waals surface area contributed by atoms with E-state index >= 15 is 0 Å². The maximum atomic E-state index is 12.4. The van der Waals surface area contributed by atoms with Crippen molar-refractivity contribution in [3.63, 3.8) is 0 Å². The second-order valence-corrected chi connectivity index (χ2v) is 7.32. The maximum absolute atomic E-state index is 12.4. The maximum Gasteiger partial charge on any atom is 0.139 e. The van der Waals surface area contributed by atoms with Gasteiger partial charge in [-0.1, -0.05) is 44.2 Å². The smallest absolute Gasteiger partial charge is 0.139 e.